The van der Waals surface area contributed by atoms with Crippen LogP contribution in [0, 0.1) is 0 Å². The molecule has 7 heteroatoms. The van der Waals surface area contributed by atoms with Gasteiger partial charge in [-0.25, -0.2) is 4.79 Å². The van der Waals surface area contributed by atoms with Crippen LogP contribution >= 0.6 is 11.6 Å². The van der Waals surface area contributed by atoms with Gasteiger partial charge < -0.3 is 14.5 Å². The van der Waals surface area contributed by atoms with Gasteiger partial charge in [0.15, 0.2) is 6.10 Å². The molecule has 1 fully saturated rings. The Kier molecular flexibility index (Phi) is 4.81. The van der Waals surface area contributed by atoms with Crippen LogP contribution in [0.3, 0.4) is 0 Å². The van der Waals surface area contributed by atoms with E-state index in [1.54, 1.807) is 28.0 Å². The van der Waals surface area contributed by atoms with E-state index in [1.807, 2.05) is 6.92 Å². The zero-order chi connectivity index (χ0) is 18.1. The molecule has 132 valence electrons. The molecule has 2 atom stereocenters. The van der Waals surface area contributed by atoms with Crippen molar-refractivity contribution < 1.29 is 19.1 Å². The first-order valence-corrected chi connectivity index (χ1v) is 8.49. The molecule has 1 aromatic rings. The van der Waals surface area contributed by atoms with Crippen molar-refractivity contribution in [3.63, 3.8) is 0 Å². The lowest BCUT2D eigenvalue weighted by Crippen LogP contribution is -2.58. The molecule has 0 spiro atoms. The number of halogens is 1. The van der Waals surface area contributed by atoms with Gasteiger partial charge in [-0.1, -0.05) is 24.2 Å². The van der Waals surface area contributed by atoms with E-state index in [4.69, 9.17) is 16.3 Å². The van der Waals surface area contributed by atoms with Gasteiger partial charge in [0, 0.05) is 37.1 Å². The van der Waals surface area contributed by atoms with Crippen LogP contribution in [-0.2, 0) is 20.7 Å². The van der Waals surface area contributed by atoms with E-state index in [-0.39, 0.29) is 17.9 Å². The zero-order valence-electron chi connectivity index (χ0n) is 13.9. The Morgan fingerprint density at radius 3 is 2.80 bits per heavy atom. The Labute approximate surface area is 151 Å². The average molecular weight is 363 g/mol. The lowest BCUT2D eigenvalue weighted by Gasteiger charge is -2.41. The highest BCUT2D eigenvalue weighted by molar-refractivity contribution is 6.31. The van der Waals surface area contributed by atoms with Gasteiger partial charge >= 0.3 is 5.97 Å². The van der Waals surface area contributed by atoms with Crippen LogP contribution in [0.15, 0.2) is 30.9 Å². The number of esters is 1. The number of fused-ring (bicyclic) bond motifs is 1. The Morgan fingerprint density at radius 2 is 2.12 bits per heavy atom. The minimum Gasteiger partial charge on any atom is -0.448 e. The van der Waals surface area contributed by atoms with Crippen molar-refractivity contribution in [1.82, 2.24) is 9.80 Å². The van der Waals surface area contributed by atoms with E-state index in [0.29, 0.717) is 36.6 Å². The SMILES string of the molecule is C=CC(=O)N1CCN(C(=O)C2Cc3ccc(Cl)cc3C(=O)O2)[C@@H](C)C1. The summed E-state index contributed by atoms with van der Waals surface area (Å²) in [4.78, 5) is 40.1. The molecule has 0 bridgehead atoms. The molecule has 2 aliphatic rings. The lowest BCUT2D eigenvalue weighted by atomic mass is 9.97. The van der Waals surface area contributed by atoms with E-state index in [2.05, 4.69) is 6.58 Å². The number of cyclic esters (lactones) is 1. The molecule has 6 nitrogen and oxygen atoms in total. The normalized spacial score (nSPS) is 22.9. The fourth-order valence-electron chi connectivity index (χ4n) is 3.29. The average Bonchev–Trinajstić information content (AvgIpc) is 2.60. The molecule has 0 saturated carbocycles. The van der Waals surface area contributed by atoms with Crippen molar-refractivity contribution in [2.45, 2.75) is 25.5 Å². The number of ether oxygens (including phenoxy) is 1. The molecule has 0 radical (unpaired) electrons. The number of amides is 2. The van der Waals surface area contributed by atoms with Gasteiger partial charge in [0.05, 0.1) is 5.56 Å². The number of nitrogens with zero attached hydrogens (tertiary/aromatic N) is 2. The zero-order valence-corrected chi connectivity index (χ0v) is 14.7. The maximum absolute atomic E-state index is 12.8. The first-order chi connectivity index (χ1) is 11.9. The smallest absolute Gasteiger partial charge is 0.339 e. The standard InChI is InChI=1S/C18H19ClN2O4/c1-3-16(22)20-6-7-21(11(2)10-20)17(23)15-8-12-4-5-13(19)9-14(12)18(24)25-15/h3-5,9,11,15H,1,6-8,10H2,2H3/t11-,15?/m0/s1. The summed E-state index contributed by atoms with van der Waals surface area (Å²) >= 11 is 5.91. The van der Waals surface area contributed by atoms with Crippen molar-refractivity contribution >= 4 is 29.4 Å². The van der Waals surface area contributed by atoms with Gasteiger partial charge in [-0.3, -0.25) is 9.59 Å². The van der Waals surface area contributed by atoms with Crippen LogP contribution in [0.5, 0.6) is 0 Å². The lowest BCUT2D eigenvalue weighted by molar-refractivity contribution is -0.148. The fraction of sp³-hybridized carbons (Fsp3) is 0.389. The summed E-state index contributed by atoms with van der Waals surface area (Å²) in [6, 6.07) is 4.85. The number of hydrogen-bond acceptors (Lipinski definition) is 4. The highest BCUT2D eigenvalue weighted by atomic mass is 35.5. The molecule has 1 aromatic carbocycles. The minimum absolute atomic E-state index is 0.145. The molecule has 0 aromatic heterocycles. The summed E-state index contributed by atoms with van der Waals surface area (Å²) in [5.41, 5.74) is 1.16. The number of piperazine rings is 1. The van der Waals surface area contributed by atoms with E-state index >= 15 is 0 Å². The van der Waals surface area contributed by atoms with Crippen molar-refractivity contribution in [3.05, 3.63) is 47.0 Å². The van der Waals surface area contributed by atoms with Crippen LogP contribution in [0.2, 0.25) is 5.02 Å². The van der Waals surface area contributed by atoms with E-state index in [0.717, 1.165) is 5.56 Å². The van der Waals surface area contributed by atoms with Crippen molar-refractivity contribution in [1.29, 1.82) is 0 Å². The maximum Gasteiger partial charge on any atom is 0.339 e. The van der Waals surface area contributed by atoms with Gasteiger partial charge in [-0.05, 0) is 30.7 Å². The van der Waals surface area contributed by atoms with Crippen molar-refractivity contribution in [3.8, 4) is 0 Å². The summed E-state index contributed by atoms with van der Waals surface area (Å²) in [6.07, 6.45) is 0.760. The van der Waals surface area contributed by atoms with Crippen LogP contribution in [-0.4, -0.2) is 59.4 Å². The second-order valence-electron chi connectivity index (χ2n) is 6.27. The molecule has 25 heavy (non-hydrogen) atoms. The van der Waals surface area contributed by atoms with Crippen LogP contribution < -0.4 is 0 Å². The first-order valence-electron chi connectivity index (χ1n) is 8.12. The Morgan fingerprint density at radius 1 is 1.36 bits per heavy atom. The Hall–Kier alpha value is -2.34. The maximum atomic E-state index is 12.8. The number of benzene rings is 1. The third-order valence-corrected chi connectivity index (χ3v) is 4.85. The fourth-order valence-corrected chi connectivity index (χ4v) is 3.46. The molecule has 3 rings (SSSR count). The number of hydrogen-bond donors (Lipinski definition) is 0. The molecular formula is C18H19ClN2O4. The summed E-state index contributed by atoms with van der Waals surface area (Å²) in [6.45, 7) is 6.64. The van der Waals surface area contributed by atoms with Gasteiger partial charge in [0.25, 0.3) is 5.91 Å². The number of rotatable bonds is 2. The highest BCUT2D eigenvalue weighted by Crippen LogP contribution is 2.25. The van der Waals surface area contributed by atoms with Gasteiger partial charge in [0.1, 0.15) is 0 Å². The third-order valence-electron chi connectivity index (χ3n) is 4.62. The second kappa shape index (κ2) is 6.88. The minimum atomic E-state index is -0.842. The van der Waals surface area contributed by atoms with Gasteiger partial charge in [-0.2, -0.15) is 0 Å². The molecule has 0 aliphatic carbocycles. The van der Waals surface area contributed by atoms with Crippen LogP contribution in [0.1, 0.15) is 22.8 Å². The quantitative estimate of drug-likeness (QED) is 0.593. The molecular weight excluding hydrogens is 344 g/mol. The van der Waals surface area contributed by atoms with Gasteiger partial charge in [-0.15, -0.1) is 0 Å². The van der Waals surface area contributed by atoms with Crippen molar-refractivity contribution in [2.75, 3.05) is 19.6 Å². The molecule has 1 saturated heterocycles. The van der Waals surface area contributed by atoms with Crippen LogP contribution in [0.25, 0.3) is 0 Å². The topological polar surface area (TPSA) is 66.9 Å². The monoisotopic (exact) mass is 362 g/mol. The Bertz CT molecular complexity index is 749. The van der Waals surface area contributed by atoms with E-state index in [9.17, 15) is 14.4 Å². The second-order valence-corrected chi connectivity index (χ2v) is 6.71. The number of carbonyl (C=O) groups excluding carboxylic acids is 3. The summed E-state index contributed by atoms with van der Waals surface area (Å²) in [7, 11) is 0. The molecule has 1 unspecified atom stereocenters. The summed E-state index contributed by atoms with van der Waals surface area (Å²) < 4.78 is 5.34. The molecule has 2 aliphatic heterocycles. The van der Waals surface area contributed by atoms with E-state index < -0.39 is 12.1 Å². The van der Waals surface area contributed by atoms with Crippen LogP contribution in [0.4, 0.5) is 0 Å². The first kappa shape index (κ1) is 17.5. The third kappa shape index (κ3) is 3.39. The van der Waals surface area contributed by atoms with E-state index in [1.165, 1.54) is 6.08 Å². The molecule has 2 heterocycles. The van der Waals surface area contributed by atoms with Crippen molar-refractivity contribution in [2.24, 2.45) is 0 Å². The highest BCUT2D eigenvalue weighted by Gasteiger charge is 2.37. The number of carbonyl (C=O) groups is 3. The Balaban J connectivity index is 1.72. The largest absolute Gasteiger partial charge is 0.448 e. The summed E-state index contributed by atoms with van der Waals surface area (Å²) in [5, 5.41) is 0.456. The molecule has 2 amide bonds. The van der Waals surface area contributed by atoms with Gasteiger partial charge in [0.2, 0.25) is 5.91 Å². The summed E-state index contributed by atoms with van der Waals surface area (Å²) in [5.74, 6) is -0.906. The molecule has 0 N–H and O–H groups in total. The predicted octanol–water partition coefficient (Wildman–Crippen LogP) is 1.67. The predicted molar refractivity (Wildman–Crippen MR) is 92.3 cm³/mol.